The normalized spacial score (nSPS) is 25.2. The number of carbonyl (C=O) groups is 11. The fourth-order valence-corrected chi connectivity index (χ4v) is 13.2. The van der Waals surface area contributed by atoms with E-state index in [1.807, 2.05) is 53.6 Å². The first kappa shape index (κ1) is 90.8. The molecule has 0 radical (unpaired) electrons. The Morgan fingerprint density at radius 1 is 0.594 bits per heavy atom. The van der Waals surface area contributed by atoms with Gasteiger partial charge in [-0.15, -0.1) is 0 Å². The lowest BCUT2D eigenvalue weighted by molar-refractivity contribution is -0.152. The maximum atomic E-state index is 15.6. The summed E-state index contributed by atoms with van der Waals surface area (Å²) < 4.78 is 12.4. The van der Waals surface area contributed by atoms with Crippen LogP contribution >= 0.6 is 0 Å². The topological polar surface area (TPSA) is 333 Å². The predicted molar refractivity (Wildman–Crippen MR) is 406 cm³/mol. The number of likely N-dealkylation sites (tertiary alicyclic amines) is 1. The van der Waals surface area contributed by atoms with Gasteiger partial charge in [-0.3, -0.25) is 58.1 Å². The molecule has 0 bridgehead atoms. The lowest BCUT2D eigenvalue weighted by Gasteiger charge is -2.39. The molecule has 12 atom stereocenters. The predicted octanol–water partition coefficient (Wildman–Crippen LogP) is 3.05. The maximum Gasteiger partial charge on any atom is 0.248 e. The van der Waals surface area contributed by atoms with E-state index >= 15 is 38.4 Å². The van der Waals surface area contributed by atoms with Gasteiger partial charge in [-0.05, 0) is 122 Å². The standard InChI is InChI=1S/C78H129N13O15/c1-21-22-36-91-46-64(94)85(16)59(41-49(2)3)68(95)81-58(48-106-78(11,12)13)73(100)88(19)62(44-55-34-28-24-29-35-55)75(102)89(20)67(52(8)9)71(98)79-56(74(101)90-37-30-25-31-38-90)45-63(93)82-65(51(6)7)76(103)87(18)61(43-54-32-26-23-27-33-54)69(96)80-57(47-105-40-39-84(14)15)72(99)86(17)60(42-50(4)5)70(97)83-66(53(10)92)77(91)104/h23-24,26-29,32-35,49-53,56-62,65-67,69,80,92,96H,21-22,25,30-31,36-48H2,1-20H3,(H,79,98)(H,81,95)(H,82,93)(H,83,97)/t53-,56+,57+,58+,59+,60+,61+,62+,65-,66+,67+,69?/m1/s1. The summed E-state index contributed by atoms with van der Waals surface area (Å²) in [7, 11) is 10.8. The molecule has 2 heterocycles. The summed E-state index contributed by atoms with van der Waals surface area (Å²) in [6.45, 7) is 22.6. The molecule has 28 nitrogen and oxygen atoms in total. The van der Waals surface area contributed by atoms with E-state index in [4.69, 9.17) is 9.47 Å². The van der Waals surface area contributed by atoms with Crippen molar-refractivity contribution in [1.82, 2.24) is 65.8 Å². The molecule has 596 valence electrons. The molecule has 0 spiro atoms. The summed E-state index contributed by atoms with van der Waals surface area (Å²) in [5.41, 5.74) is 0.452. The van der Waals surface area contributed by atoms with Crippen molar-refractivity contribution < 1.29 is 72.4 Å². The van der Waals surface area contributed by atoms with E-state index in [1.165, 1.54) is 71.6 Å². The Balaban J connectivity index is 2.03. The van der Waals surface area contributed by atoms with E-state index in [9.17, 15) is 24.6 Å². The highest BCUT2D eigenvalue weighted by molar-refractivity contribution is 5.99. The number of amides is 11. The molecule has 106 heavy (non-hydrogen) atoms. The van der Waals surface area contributed by atoms with E-state index in [0.717, 1.165) is 6.42 Å². The van der Waals surface area contributed by atoms with Crippen molar-refractivity contribution in [1.29, 1.82) is 0 Å². The average molecular weight is 1490 g/mol. The lowest BCUT2D eigenvalue weighted by atomic mass is 9.97. The average Bonchev–Trinajstić information content (AvgIpc) is 0.819. The van der Waals surface area contributed by atoms with Crippen LogP contribution in [0.1, 0.15) is 153 Å². The number of aliphatic hydroxyl groups excluding tert-OH is 2. The zero-order chi connectivity index (χ0) is 79.6. The summed E-state index contributed by atoms with van der Waals surface area (Å²) in [4.78, 5) is 178. The van der Waals surface area contributed by atoms with Crippen molar-refractivity contribution in [2.45, 2.75) is 233 Å². The Morgan fingerprint density at radius 2 is 1.13 bits per heavy atom. The molecule has 11 amide bonds. The number of benzene rings is 2. The second-order valence-corrected chi connectivity index (χ2v) is 31.6. The number of piperidine rings is 1. The fourth-order valence-electron chi connectivity index (χ4n) is 13.2. The summed E-state index contributed by atoms with van der Waals surface area (Å²) in [6.07, 6.45) is -0.762. The molecule has 28 heteroatoms. The van der Waals surface area contributed by atoms with Crippen LogP contribution in [0.3, 0.4) is 0 Å². The van der Waals surface area contributed by atoms with E-state index in [0.29, 0.717) is 56.4 Å². The smallest absolute Gasteiger partial charge is 0.248 e. The van der Waals surface area contributed by atoms with Crippen LogP contribution in [0.4, 0.5) is 0 Å². The molecule has 7 N–H and O–H groups in total. The van der Waals surface area contributed by atoms with Crippen molar-refractivity contribution in [2.75, 3.05) is 102 Å². The number of aliphatic hydroxyl groups is 2. The number of rotatable bonds is 22. The van der Waals surface area contributed by atoms with Crippen LogP contribution in [0, 0.1) is 23.7 Å². The SMILES string of the molecule is CCCCN1CC(=O)N(C)[C@@H](CC(C)C)C(=O)N[C@@H](COC(C)(C)C)C(=O)N(C)[C@@H](Cc2ccccc2)C(=O)N(C)[C@@H](C(C)C)C(=O)N[C@H](C(=O)N2CCCCC2)CC(=O)N[C@H](C(C)C)C(=O)N(C)[C@@H](Cc2ccccc2)C(O)N[C@@H](COCCN(C)C)C(=O)N(C)[C@@H](CC(C)C)C(=O)N[C@@H]([C@@H](C)O)C1=O. The molecule has 4 rings (SSSR count). The van der Waals surface area contributed by atoms with Crippen molar-refractivity contribution in [3.8, 4) is 0 Å². The summed E-state index contributed by atoms with van der Waals surface area (Å²) >= 11 is 0. The largest absolute Gasteiger partial charge is 0.391 e. The quantitative estimate of drug-likeness (QED) is 0.0833. The Morgan fingerprint density at radius 3 is 1.65 bits per heavy atom. The molecule has 2 saturated heterocycles. The zero-order valence-corrected chi connectivity index (χ0v) is 67.0. The van der Waals surface area contributed by atoms with Gasteiger partial charge < -0.3 is 80.2 Å². The molecule has 0 saturated carbocycles. The molecule has 2 aliphatic heterocycles. The van der Waals surface area contributed by atoms with Gasteiger partial charge in [0, 0.05) is 67.8 Å². The highest BCUT2D eigenvalue weighted by Gasteiger charge is 2.44. The molecule has 0 aromatic heterocycles. The second kappa shape index (κ2) is 43.4. The third-order valence-corrected chi connectivity index (χ3v) is 19.5. The first-order chi connectivity index (χ1) is 49.7. The third kappa shape index (κ3) is 27.9. The first-order valence-electron chi connectivity index (χ1n) is 37.9. The van der Waals surface area contributed by atoms with E-state index in [-0.39, 0.29) is 57.3 Å². The number of nitrogens with zero attached hydrogens (tertiary/aromatic N) is 8. The van der Waals surface area contributed by atoms with Crippen LogP contribution in [0.2, 0.25) is 0 Å². The Hall–Kier alpha value is -7.63. The third-order valence-electron chi connectivity index (χ3n) is 19.5. The minimum absolute atomic E-state index is 0.00529. The number of hydrogen-bond acceptors (Lipinski definition) is 17. The highest BCUT2D eigenvalue weighted by Crippen LogP contribution is 2.24. The molecule has 2 aliphatic rings. The van der Waals surface area contributed by atoms with Crippen LogP contribution in [0.25, 0.3) is 0 Å². The number of unbranched alkanes of at least 4 members (excludes halogenated alkanes) is 1. The number of nitrogens with one attached hydrogen (secondary N) is 5. The molecule has 1 unspecified atom stereocenters. The van der Waals surface area contributed by atoms with Gasteiger partial charge in [0.1, 0.15) is 60.6 Å². The summed E-state index contributed by atoms with van der Waals surface area (Å²) in [5, 5.41) is 38.5. The van der Waals surface area contributed by atoms with Crippen LogP contribution in [-0.4, -0.2) is 295 Å². The van der Waals surface area contributed by atoms with Gasteiger partial charge in [0.2, 0.25) is 65.0 Å². The fraction of sp³-hybridized carbons (Fsp3) is 0.705. The monoisotopic (exact) mass is 1490 g/mol. The number of hydrogen-bond donors (Lipinski definition) is 7. The van der Waals surface area contributed by atoms with E-state index in [1.54, 1.807) is 114 Å². The Bertz CT molecular complexity index is 3160. The minimum Gasteiger partial charge on any atom is -0.391 e. The van der Waals surface area contributed by atoms with Gasteiger partial charge in [0.15, 0.2) is 0 Å². The molecule has 2 aromatic rings. The number of ether oxygens (including phenoxy) is 2. The van der Waals surface area contributed by atoms with Gasteiger partial charge in [0.25, 0.3) is 0 Å². The summed E-state index contributed by atoms with van der Waals surface area (Å²) in [6, 6.07) is 4.04. The van der Waals surface area contributed by atoms with Crippen molar-refractivity contribution >= 4 is 65.0 Å². The van der Waals surface area contributed by atoms with Gasteiger partial charge in [-0.25, -0.2) is 0 Å². The van der Waals surface area contributed by atoms with E-state index in [2.05, 4.69) is 26.6 Å². The maximum absolute atomic E-state index is 15.6. The van der Waals surface area contributed by atoms with Crippen LogP contribution in [-0.2, 0) is 75.1 Å². The highest BCUT2D eigenvalue weighted by atomic mass is 16.5. The Kier molecular flexibility index (Phi) is 37.1. The first-order valence-corrected chi connectivity index (χ1v) is 37.9. The van der Waals surface area contributed by atoms with Crippen molar-refractivity contribution in [3.05, 3.63) is 71.8 Å². The minimum atomic E-state index is -1.72. The van der Waals surface area contributed by atoms with Crippen LogP contribution < -0.4 is 26.6 Å². The second-order valence-electron chi connectivity index (χ2n) is 31.6. The van der Waals surface area contributed by atoms with Gasteiger partial charge >= 0.3 is 0 Å². The van der Waals surface area contributed by atoms with Crippen molar-refractivity contribution in [2.24, 2.45) is 23.7 Å². The molecule has 0 aliphatic carbocycles. The lowest BCUT2D eigenvalue weighted by Crippen LogP contribution is -2.63. The van der Waals surface area contributed by atoms with Gasteiger partial charge in [-0.1, -0.05) is 129 Å². The van der Waals surface area contributed by atoms with Gasteiger partial charge in [-0.2, -0.15) is 0 Å². The van der Waals surface area contributed by atoms with Crippen LogP contribution in [0.5, 0.6) is 0 Å². The number of likely N-dealkylation sites (N-methyl/N-ethyl adjacent to an activating group) is 6. The molecule has 2 fully saturated rings. The molecule has 2 aromatic carbocycles. The van der Waals surface area contributed by atoms with Gasteiger partial charge in [0.05, 0.1) is 50.5 Å². The molecular weight excluding hydrogens is 1360 g/mol. The van der Waals surface area contributed by atoms with Crippen molar-refractivity contribution in [3.63, 3.8) is 0 Å². The Labute approximate surface area is 630 Å². The zero-order valence-electron chi connectivity index (χ0n) is 67.0. The summed E-state index contributed by atoms with van der Waals surface area (Å²) in [5.74, 6) is -9.84. The number of carbonyl (C=O) groups excluding carboxylic acids is 11. The molecular formula is C78H129N13O15. The van der Waals surface area contributed by atoms with E-state index < -0.39 is 175 Å². The van der Waals surface area contributed by atoms with Crippen LogP contribution in [0.15, 0.2) is 60.7 Å².